The molecule has 8 heteroatoms. The smallest absolute Gasteiger partial charge is 0.159 e. The monoisotopic (exact) mass is 432 g/mol. The summed E-state index contributed by atoms with van der Waals surface area (Å²) < 4.78 is 10.9. The maximum Gasteiger partial charge on any atom is 0.159 e. The van der Waals surface area contributed by atoms with Gasteiger partial charge in [0.05, 0.1) is 36.9 Å². The number of nitrogens with zero attached hydrogens (tertiary/aromatic N) is 4. The van der Waals surface area contributed by atoms with Gasteiger partial charge in [-0.1, -0.05) is 0 Å². The quantitative estimate of drug-likeness (QED) is 0.514. The summed E-state index contributed by atoms with van der Waals surface area (Å²) in [6.45, 7) is 6.04. The molecule has 2 aromatic heterocycles. The zero-order valence-electron chi connectivity index (χ0n) is 18.3. The number of piperidine rings is 1. The van der Waals surface area contributed by atoms with E-state index < -0.39 is 0 Å². The van der Waals surface area contributed by atoms with Gasteiger partial charge in [-0.05, 0) is 49.2 Å². The number of rotatable bonds is 4. The van der Waals surface area contributed by atoms with Gasteiger partial charge < -0.3 is 19.4 Å². The van der Waals surface area contributed by atoms with E-state index in [1.54, 1.807) is 7.11 Å². The number of fused-ring (bicyclic) bond motifs is 2. The molecule has 0 spiro atoms. The highest BCUT2D eigenvalue weighted by atomic mass is 16.5. The van der Waals surface area contributed by atoms with Crippen molar-refractivity contribution in [1.82, 2.24) is 25.1 Å². The Morgan fingerprint density at radius 3 is 2.62 bits per heavy atom. The van der Waals surface area contributed by atoms with Crippen LogP contribution in [-0.4, -0.2) is 77.6 Å². The van der Waals surface area contributed by atoms with Gasteiger partial charge in [0.25, 0.3) is 0 Å². The van der Waals surface area contributed by atoms with Crippen LogP contribution in [0.15, 0.2) is 36.4 Å². The van der Waals surface area contributed by atoms with E-state index in [0.717, 1.165) is 78.6 Å². The number of hydrogen-bond donors (Lipinski definition) is 2. The molecule has 0 unspecified atom stereocenters. The second-order valence-electron chi connectivity index (χ2n) is 8.64. The lowest BCUT2D eigenvalue weighted by Gasteiger charge is -2.40. The molecule has 8 nitrogen and oxygen atoms in total. The summed E-state index contributed by atoms with van der Waals surface area (Å²) in [5.41, 5.74) is 5.00. The molecule has 0 amide bonds. The minimum absolute atomic E-state index is 0.681. The van der Waals surface area contributed by atoms with Crippen LogP contribution in [0.25, 0.3) is 33.5 Å². The van der Waals surface area contributed by atoms with E-state index >= 15 is 0 Å². The molecular weight excluding hydrogens is 404 g/mol. The molecule has 4 aromatic rings. The maximum absolute atomic E-state index is 5.51. The third kappa shape index (κ3) is 3.49. The zero-order chi connectivity index (χ0) is 21.5. The largest absolute Gasteiger partial charge is 0.497 e. The van der Waals surface area contributed by atoms with Gasteiger partial charge in [0.2, 0.25) is 0 Å². The number of H-pyrrole nitrogens is 2. The summed E-state index contributed by atoms with van der Waals surface area (Å²) in [5, 5.41) is 8.59. The minimum atomic E-state index is 0.681. The molecule has 2 aromatic carbocycles. The van der Waals surface area contributed by atoms with Crippen LogP contribution in [0.5, 0.6) is 5.75 Å². The van der Waals surface area contributed by atoms with Gasteiger partial charge in [0, 0.05) is 43.3 Å². The molecular formula is C24H28N6O2. The van der Waals surface area contributed by atoms with Gasteiger partial charge in [-0.25, -0.2) is 4.98 Å². The van der Waals surface area contributed by atoms with E-state index in [0.29, 0.717) is 6.04 Å². The Balaban J connectivity index is 1.23. The number of ether oxygens (including phenoxy) is 2. The first-order chi connectivity index (χ1) is 15.8. The lowest BCUT2D eigenvalue weighted by molar-refractivity contribution is 0.0115. The van der Waals surface area contributed by atoms with Crippen molar-refractivity contribution in [3.05, 3.63) is 36.4 Å². The number of imidazole rings is 1. The van der Waals surface area contributed by atoms with Crippen LogP contribution in [0.3, 0.4) is 0 Å². The van der Waals surface area contributed by atoms with Crippen molar-refractivity contribution in [3.63, 3.8) is 0 Å². The van der Waals surface area contributed by atoms with Gasteiger partial charge in [0.1, 0.15) is 11.4 Å². The van der Waals surface area contributed by atoms with E-state index in [-0.39, 0.29) is 0 Å². The molecule has 0 radical (unpaired) electrons. The Morgan fingerprint density at radius 2 is 1.81 bits per heavy atom. The third-order valence-electron chi connectivity index (χ3n) is 6.85. The summed E-state index contributed by atoms with van der Waals surface area (Å²) in [6, 6.07) is 13.1. The molecule has 0 saturated carbocycles. The highest BCUT2D eigenvalue weighted by Gasteiger charge is 2.26. The molecule has 2 aliphatic heterocycles. The number of aromatic nitrogens is 4. The lowest BCUT2D eigenvalue weighted by Crippen LogP contribution is -2.49. The fourth-order valence-corrected chi connectivity index (χ4v) is 5.04. The van der Waals surface area contributed by atoms with Gasteiger partial charge in [-0.15, -0.1) is 0 Å². The summed E-state index contributed by atoms with van der Waals surface area (Å²) in [4.78, 5) is 13.4. The molecule has 2 N–H and O–H groups in total. The maximum atomic E-state index is 5.51. The molecule has 2 fully saturated rings. The van der Waals surface area contributed by atoms with Crippen molar-refractivity contribution >= 4 is 27.6 Å². The second kappa shape index (κ2) is 8.11. The average Bonchev–Trinajstić information content (AvgIpc) is 3.47. The SMILES string of the molecule is COc1ccc2[nH]nc(-c3nc4cc(N5CCC(N6CCOCC6)CC5)ccc4[nH]3)c2c1. The van der Waals surface area contributed by atoms with E-state index in [2.05, 4.69) is 43.2 Å². The number of hydrogen-bond acceptors (Lipinski definition) is 6. The highest BCUT2D eigenvalue weighted by Crippen LogP contribution is 2.31. The fraction of sp³-hybridized carbons (Fsp3) is 0.417. The Kier molecular flexibility index (Phi) is 4.96. The summed E-state index contributed by atoms with van der Waals surface area (Å²) >= 11 is 0. The van der Waals surface area contributed by atoms with E-state index in [9.17, 15) is 0 Å². The first-order valence-electron chi connectivity index (χ1n) is 11.4. The Hall–Kier alpha value is -3.10. The molecule has 0 atom stereocenters. The van der Waals surface area contributed by atoms with Crippen molar-refractivity contribution in [1.29, 1.82) is 0 Å². The van der Waals surface area contributed by atoms with Gasteiger partial charge in [-0.2, -0.15) is 5.10 Å². The lowest BCUT2D eigenvalue weighted by atomic mass is 10.0. The zero-order valence-corrected chi connectivity index (χ0v) is 18.3. The average molecular weight is 433 g/mol. The van der Waals surface area contributed by atoms with Gasteiger partial charge in [-0.3, -0.25) is 10.00 Å². The highest BCUT2D eigenvalue weighted by molar-refractivity contribution is 5.94. The van der Waals surface area contributed by atoms with Crippen molar-refractivity contribution < 1.29 is 9.47 Å². The van der Waals surface area contributed by atoms with Crippen LogP contribution in [0.1, 0.15) is 12.8 Å². The van der Waals surface area contributed by atoms with E-state index in [4.69, 9.17) is 14.5 Å². The Bertz CT molecular complexity index is 1230. The topological polar surface area (TPSA) is 82.3 Å². The van der Waals surface area contributed by atoms with Gasteiger partial charge in [0.15, 0.2) is 5.82 Å². The summed E-state index contributed by atoms with van der Waals surface area (Å²) in [5.74, 6) is 1.57. The molecule has 4 heterocycles. The number of nitrogens with one attached hydrogen (secondary N) is 2. The molecule has 166 valence electrons. The Morgan fingerprint density at radius 1 is 1.00 bits per heavy atom. The van der Waals surface area contributed by atoms with Crippen LogP contribution in [0.2, 0.25) is 0 Å². The number of anilines is 1. The predicted octanol–water partition coefficient (Wildman–Crippen LogP) is 3.42. The molecule has 2 aliphatic rings. The molecule has 0 aliphatic carbocycles. The van der Waals surface area contributed by atoms with Crippen LogP contribution >= 0.6 is 0 Å². The Labute approximate surface area is 186 Å². The van der Waals surface area contributed by atoms with E-state index in [1.807, 2.05) is 18.2 Å². The predicted molar refractivity (Wildman–Crippen MR) is 125 cm³/mol. The van der Waals surface area contributed by atoms with Crippen molar-refractivity contribution in [2.75, 3.05) is 51.4 Å². The van der Waals surface area contributed by atoms with Crippen LogP contribution in [0, 0.1) is 0 Å². The van der Waals surface area contributed by atoms with Crippen LogP contribution in [0.4, 0.5) is 5.69 Å². The number of benzene rings is 2. The van der Waals surface area contributed by atoms with Crippen molar-refractivity contribution in [2.45, 2.75) is 18.9 Å². The van der Waals surface area contributed by atoms with Crippen molar-refractivity contribution in [2.24, 2.45) is 0 Å². The number of aromatic amines is 2. The van der Waals surface area contributed by atoms with Crippen LogP contribution in [-0.2, 0) is 4.74 Å². The molecule has 6 rings (SSSR count). The minimum Gasteiger partial charge on any atom is -0.497 e. The van der Waals surface area contributed by atoms with E-state index in [1.165, 1.54) is 18.5 Å². The molecule has 0 bridgehead atoms. The fourth-order valence-electron chi connectivity index (χ4n) is 5.04. The van der Waals surface area contributed by atoms with Crippen LogP contribution < -0.4 is 9.64 Å². The first kappa shape index (κ1) is 19.6. The number of morpholine rings is 1. The summed E-state index contributed by atoms with van der Waals surface area (Å²) in [7, 11) is 1.67. The standard InChI is InChI=1S/C24H28N6O2/c1-31-18-3-5-20-19(15-18)23(28-27-20)24-25-21-4-2-17(14-22(21)26-24)29-8-6-16(7-9-29)30-10-12-32-13-11-30/h2-5,14-16H,6-13H2,1H3,(H,25,26)(H,27,28). The second-order valence-corrected chi connectivity index (χ2v) is 8.64. The van der Waals surface area contributed by atoms with Crippen molar-refractivity contribution in [3.8, 4) is 17.3 Å². The normalized spacial score (nSPS) is 18.6. The number of methoxy groups -OCH3 is 1. The molecule has 2 saturated heterocycles. The molecule has 32 heavy (non-hydrogen) atoms. The van der Waals surface area contributed by atoms with Gasteiger partial charge >= 0.3 is 0 Å². The third-order valence-corrected chi connectivity index (χ3v) is 6.85. The first-order valence-corrected chi connectivity index (χ1v) is 11.4. The summed E-state index contributed by atoms with van der Waals surface area (Å²) in [6.07, 6.45) is 2.40.